The lowest BCUT2D eigenvalue weighted by Crippen LogP contribution is -2.49. The summed E-state index contributed by atoms with van der Waals surface area (Å²) in [6.07, 6.45) is 6.91. The Balaban J connectivity index is 1.56. The van der Waals surface area contributed by atoms with Crippen molar-refractivity contribution in [3.63, 3.8) is 0 Å². The van der Waals surface area contributed by atoms with Gasteiger partial charge in [0, 0.05) is 12.5 Å². The highest BCUT2D eigenvalue weighted by Gasteiger charge is 2.31. The molecule has 0 spiro atoms. The van der Waals surface area contributed by atoms with Crippen LogP contribution in [0, 0.1) is 0 Å². The third-order valence-corrected chi connectivity index (χ3v) is 6.82. The number of nitrogens with one attached hydrogen (secondary N) is 2. The highest BCUT2D eigenvalue weighted by atomic mass is 16.6. The molecule has 0 bridgehead atoms. The molecule has 2 amide bonds. The Morgan fingerprint density at radius 2 is 1.41 bits per heavy atom. The van der Waals surface area contributed by atoms with Crippen molar-refractivity contribution in [2.24, 2.45) is 0 Å². The quantitative estimate of drug-likeness (QED) is 0.213. The molecule has 7 heteroatoms. The molecule has 0 fully saturated rings. The first-order valence-corrected chi connectivity index (χ1v) is 14.3. The van der Waals surface area contributed by atoms with Crippen LogP contribution in [0.25, 0.3) is 11.1 Å². The summed E-state index contributed by atoms with van der Waals surface area (Å²) in [6, 6.07) is 15.1. The van der Waals surface area contributed by atoms with E-state index in [4.69, 9.17) is 9.47 Å². The van der Waals surface area contributed by atoms with Crippen molar-refractivity contribution in [1.82, 2.24) is 10.6 Å². The van der Waals surface area contributed by atoms with Crippen LogP contribution in [-0.4, -0.2) is 42.8 Å². The number of rotatable bonds is 14. The van der Waals surface area contributed by atoms with E-state index in [0.29, 0.717) is 6.54 Å². The number of benzene rings is 2. The number of esters is 1. The lowest BCUT2D eigenvalue weighted by atomic mass is 9.98. The van der Waals surface area contributed by atoms with Crippen LogP contribution in [0.3, 0.4) is 0 Å². The monoisotopic (exact) mass is 536 g/mol. The number of fused-ring (bicyclic) bond motifs is 3. The summed E-state index contributed by atoms with van der Waals surface area (Å²) >= 11 is 0. The average Bonchev–Trinajstić information content (AvgIpc) is 3.21. The maximum absolute atomic E-state index is 13.0. The molecule has 0 aliphatic heterocycles. The van der Waals surface area contributed by atoms with E-state index >= 15 is 0 Å². The molecule has 39 heavy (non-hydrogen) atoms. The van der Waals surface area contributed by atoms with Crippen molar-refractivity contribution in [2.45, 2.75) is 96.6 Å². The predicted molar refractivity (Wildman–Crippen MR) is 153 cm³/mol. The van der Waals surface area contributed by atoms with Crippen molar-refractivity contribution >= 4 is 18.0 Å². The normalized spacial score (nSPS) is 13.2. The van der Waals surface area contributed by atoms with E-state index in [1.165, 1.54) is 25.7 Å². The molecule has 2 aromatic carbocycles. The van der Waals surface area contributed by atoms with E-state index in [2.05, 4.69) is 29.7 Å². The molecule has 0 aromatic heterocycles. The molecule has 1 aliphatic carbocycles. The van der Waals surface area contributed by atoms with Crippen LogP contribution >= 0.6 is 0 Å². The molecule has 0 saturated carbocycles. The Labute approximate surface area is 233 Å². The molecule has 0 radical (unpaired) electrons. The summed E-state index contributed by atoms with van der Waals surface area (Å²) in [5.41, 5.74) is 3.78. The van der Waals surface area contributed by atoms with Gasteiger partial charge in [0.1, 0.15) is 18.2 Å². The number of hydrogen-bond donors (Lipinski definition) is 2. The van der Waals surface area contributed by atoms with Crippen molar-refractivity contribution in [1.29, 1.82) is 0 Å². The fraction of sp³-hybridized carbons (Fsp3) is 0.531. The van der Waals surface area contributed by atoms with Gasteiger partial charge in [0.15, 0.2) is 0 Å². The zero-order valence-electron chi connectivity index (χ0n) is 23.9. The number of alkyl carbamates (subject to hydrolysis) is 1. The van der Waals surface area contributed by atoms with E-state index < -0.39 is 29.6 Å². The molecular weight excluding hydrogens is 492 g/mol. The minimum Gasteiger partial charge on any atom is -0.460 e. The lowest BCUT2D eigenvalue weighted by Gasteiger charge is -2.23. The summed E-state index contributed by atoms with van der Waals surface area (Å²) in [7, 11) is 0. The second-order valence-corrected chi connectivity index (χ2v) is 11.2. The number of amides is 2. The van der Waals surface area contributed by atoms with Crippen LogP contribution in [-0.2, 0) is 19.1 Å². The van der Waals surface area contributed by atoms with E-state index in [9.17, 15) is 14.4 Å². The van der Waals surface area contributed by atoms with Gasteiger partial charge in [-0.3, -0.25) is 9.59 Å². The summed E-state index contributed by atoms with van der Waals surface area (Å²) in [4.78, 5) is 38.3. The third kappa shape index (κ3) is 9.41. The topological polar surface area (TPSA) is 93.7 Å². The largest absolute Gasteiger partial charge is 0.460 e. The Kier molecular flexibility index (Phi) is 11.4. The number of ether oxygens (including phenoxy) is 2. The molecule has 2 N–H and O–H groups in total. The van der Waals surface area contributed by atoms with Crippen molar-refractivity contribution in [3.8, 4) is 11.1 Å². The Hall–Kier alpha value is -3.35. The van der Waals surface area contributed by atoms with Gasteiger partial charge in [-0.2, -0.15) is 0 Å². The Morgan fingerprint density at radius 3 is 2.00 bits per heavy atom. The summed E-state index contributed by atoms with van der Waals surface area (Å²) < 4.78 is 11.0. The zero-order chi connectivity index (χ0) is 28.3. The SMILES string of the molecule is CCCCCCCCCNC(=O)[C@H](CC(=O)OC(C)(C)C)NC(=O)OCC1c2ccccc2-c2ccccc21. The van der Waals surface area contributed by atoms with E-state index in [1.54, 1.807) is 20.8 Å². The highest BCUT2D eigenvalue weighted by Crippen LogP contribution is 2.44. The minimum atomic E-state index is -1.08. The highest BCUT2D eigenvalue weighted by molar-refractivity contribution is 5.89. The lowest BCUT2D eigenvalue weighted by molar-refractivity contribution is -0.156. The van der Waals surface area contributed by atoms with Gasteiger partial charge in [-0.05, 0) is 49.4 Å². The fourth-order valence-corrected chi connectivity index (χ4v) is 4.96. The van der Waals surface area contributed by atoms with Crippen LogP contribution < -0.4 is 10.6 Å². The first-order chi connectivity index (χ1) is 18.7. The van der Waals surface area contributed by atoms with Crippen LogP contribution in [0.1, 0.15) is 96.1 Å². The summed E-state index contributed by atoms with van der Waals surface area (Å²) in [5, 5.41) is 5.47. The van der Waals surface area contributed by atoms with Gasteiger partial charge < -0.3 is 20.1 Å². The van der Waals surface area contributed by atoms with Gasteiger partial charge >= 0.3 is 12.1 Å². The number of hydrogen-bond acceptors (Lipinski definition) is 5. The van der Waals surface area contributed by atoms with Crippen LogP contribution in [0.4, 0.5) is 4.79 Å². The molecule has 2 aromatic rings. The number of carbonyl (C=O) groups excluding carboxylic acids is 3. The summed E-state index contributed by atoms with van der Waals surface area (Å²) in [5.74, 6) is -1.07. The van der Waals surface area contributed by atoms with Crippen molar-refractivity contribution in [3.05, 3.63) is 59.7 Å². The standard InChI is InChI=1S/C32H44N2O5/c1-5-6-7-8-9-10-15-20-33-30(36)28(21-29(35)39-32(2,3)4)34-31(37)38-22-27-25-18-13-11-16-23(25)24-17-12-14-19-26(24)27/h11-14,16-19,27-28H,5-10,15,20-22H2,1-4H3,(H,33,36)(H,34,37)/t28-/m0/s1. The van der Waals surface area contributed by atoms with Gasteiger partial charge in [-0.15, -0.1) is 0 Å². The Morgan fingerprint density at radius 1 is 0.846 bits per heavy atom. The molecule has 3 rings (SSSR count). The second kappa shape index (κ2) is 14.7. The van der Waals surface area contributed by atoms with E-state index in [-0.39, 0.29) is 18.9 Å². The van der Waals surface area contributed by atoms with Crippen LogP contribution in [0.15, 0.2) is 48.5 Å². The molecule has 1 aliphatic rings. The molecule has 212 valence electrons. The zero-order valence-corrected chi connectivity index (χ0v) is 23.9. The number of carbonyl (C=O) groups is 3. The minimum absolute atomic E-state index is 0.0985. The fourth-order valence-electron chi connectivity index (χ4n) is 4.96. The molecule has 7 nitrogen and oxygen atoms in total. The summed E-state index contributed by atoms with van der Waals surface area (Å²) in [6.45, 7) is 8.10. The van der Waals surface area contributed by atoms with Gasteiger partial charge in [-0.1, -0.05) is 94.0 Å². The van der Waals surface area contributed by atoms with Crippen LogP contribution in [0.5, 0.6) is 0 Å². The average molecular weight is 537 g/mol. The first kappa shape index (κ1) is 30.2. The molecule has 0 heterocycles. The van der Waals surface area contributed by atoms with Crippen molar-refractivity contribution < 1.29 is 23.9 Å². The maximum Gasteiger partial charge on any atom is 0.407 e. The van der Waals surface area contributed by atoms with Crippen LogP contribution in [0.2, 0.25) is 0 Å². The van der Waals surface area contributed by atoms with Gasteiger partial charge in [0.25, 0.3) is 0 Å². The van der Waals surface area contributed by atoms with E-state index in [0.717, 1.165) is 41.5 Å². The molecular formula is C32H44N2O5. The van der Waals surface area contributed by atoms with Gasteiger partial charge in [0.05, 0.1) is 6.42 Å². The predicted octanol–water partition coefficient (Wildman–Crippen LogP) is 6.49. The van der Waals surface area contributed by atoms with Gasteiger partial charge in [0.2, 0.25) is 5.91 Å². The molecule has 1 atom stereocenters. The Bertz CT molecular complexity index is 1060. The smallest absolute Gasteiger partial charge is 0.407 e. The van der Waals surface area contributed by atoms with Crippen molar-refractivity contribution in [2.75, 3.05) is 13.2 Å². The number of unbranched alkanes of at least 4 members (excludes halogenated alkanes) is 6. The second-order valence-electron chi connectivity index (χ2n) is 11.2. The van der Waals surface area contributed by atoms with Gasteiger partial charge in [-0.25, -0.2) is 4.79 Å². The third-order valence-electron chi connectivity index (χ3n) is 6.82. The van der Waals surface area contributed by atoms with E-state index in [1.807, 2.05) is 36.4 Å². The maximum atomic E-state index is 13.0. The molecule has 0 unspecified atom stereocenters. The first-order valence-electron chi connectivity index (χ1n) is 14.3. The molecule has 0 saturated heterocycles.